The van der Waals surface area contributed by atoms with Gasteiger partial charge in [0, 0.05) is 31.9 Å². The zero-order valence-electron chi connectivity index (χ0n) is 17.7. The lowest BCUT2D eigenvalue weighted by Gasteiger charge is -2.37. The Balaban J connectivity index is 1.67. The van der Waals surface area contributed by atoms with E-state index in [1.807, 2.05) is 48.5 Å². The summed E-state index contributed by atoms with van der Waals surface area (Å²) in [6.45, 7) is 0.357. The summed E-state index contributed by atoms with van der Waals surface area (Å²) in [6, 6.07) is 15.4. The molecule has 0 aliphatic heterocycles. The van der Waals surface area contributed by atoms with Gasteiger partial charge in [0.05, 0.1) is 18.0 Å². The molecule has 30 heavy (non-hydrogen) atoms. The fraction of sp³-hybridized carbons (Fsp3) is 0.458. The minimum Gasteiger partial charge on any atom is -0.347 e. The topological polar surface area (TPSA) is 88.3 Å². The molecule has 0 saturated heterocycles. The molecule has 1 aromatic heterocycles. The molecule has 1 aromatic carbocycles. The van der Waals surface area contributed by atoms with Crippen LogP contribution in [0, 0.1) is 5.41 Å². The second-order valence-electron chi connectivity index (χ2n) is 8.26. The number of rotatable bonds is 8. The summed E-state index contributed by atoms with van der Waals surface area (Å²) in [4.78, 5) is 31.9. The number of nitrogens with one attached hydrogen (secondary N) is 1. The maximum Gasteiger partial charge on any atom is 0.240 e. The SMILES string of the molecule is CN(CC(=O)NC(Cc1ccccn1)c1ccccc1)C(=O)C1(CN)CCCCC1. The largest absolute Gasteiger partial charge is 0.347 e. The van der Waals surface area contributed by atoms with Gasteiger partial charge >= 0.3 is 0 Å². The van der Waals surface area contributed by atoms with E-state index in [0.29, 0.717) is 13.0 Å². The van der Waals surface area contributed by atoms with Gasteiger partial charge in [-0.2, -0.15) is 0 Å². The third-order valence-corrected chi connectivity index (χ3v) is 6.06. The maximum absolute atomic E-state index is 13.1. The summed E-state index contributed by atoms with van der Waals surface area (Å²) in [7, 11) is 1.70. The predicted molar refractivity (Wildman–Crippen MR) is 117 cm³/mol. The zero-order chi connectivity index (χ0) is 21.4. The molecule has 2 aromatic rings. The fourth-order valence-electron chi connectivity index (χ4n) is 4.33. The van der Waals surface area contributed by atoms with Gasteiger partial charge in [-0.15, -0.1) is 0 Å². The Hall–Kier alpha value is -2.73. The minimum atomic E-state index is -0.514. The molecule has 1 fully saturated rings. The molecule has 1 saturated carbocycles. The zero-order valence-corrected chi connectivity index (χ0v) is 17.7. The van der Waals surface area contributed by atoms with Crippen molar-refractivity contribution in [2.24, 2.45) is 11.1 Å². The molecule has 6 heteroatoms. The number of pyridine rings is 1. The van der Waals surface area contributed by atoms with Crippen LogP contribution >= 0.6 is 0 Å². The monoisotopic (exact) mass is 408 g/mol. The normalized spacial score (nSPS) is 16.5. The summed E-state index contributed by atoms with van der Waals surface area (Å²) in [5.74, 6) is -0.195. The molecule has 0 spiro atoms. The van der Waals surface area contributed by atoms with Crippen molar-refractivity contribution in [2.45, 2.75) is 44.6 Å². The van der Waals surface area contributed by atoms with Crippen LogP contribution in [0.4, 0.5) is 0 Å². The van der Waals surface area contributed by atoms with Crippen molar-refractivity contribution in [3.63, 3.8) is 0 Å². The first-order valence-electron chi connectivity index (χ1n) is 10.7. The van der Waals surface area contributed by atoms with Crippen molar-refractivity contribution < 1.29 is 9.59 Å². The molecule has 2 amide bonds. The molecule has 0 bridgehead atoms. The quantitative estimate of drug-likeness (QED) is 0.703. The molecule has 3 N–H and O–H groups in total. The van der Waals surface area contributed by atoms with Crippen LogP contribution in [-0.2, 0) is 16.0 Å². The van der Waals surface area contributed by atoms with Crippen LogP contribution < -0.4 is 11.1 Å². The van der Waals surface area contributed by atoms with Crippen LogP contribution in [0.25, 0.3) is 0 Å². The van der Waals surface area contributed by atoms with Crippen LogP contribution in [-0.4, -0.2) is 41.8 Å². The molecule has 160 valence electrons. The average molecular weight is 409 g/mol. The highest BCUT2D eigenvalue weighted by Crippen LogP contribution is 2.36. The van der Waals surface area contributed by atoms with Gasteiger partial charge in [-0.25, -0.2) is 0 Å². The Bertz CT molecular complexity index is 820. The van der Waals surface area contributed by atoms with Crippen LogP contribution in [0.15, 0.2) is 54.7 Å². The number of hydrogen-bond acceptors (Lipinski definition) is 4. The van der Waals surface area contributed by atoms with Gasteiger partial charge in [0.25, 0.3) is 0 Å². The van der Waals surface area contributed by atoms with Crippen LogP contribution in [0.2, 0.25) is 0 Å². The summed E-state index contributed by atoms with van der Waals surface area (Å²) in [5.41, 5.74) is 7.40. The van der Waals surface area contributed by atoms with E-state index < -0.39 is 5.41 Å². The molecule has 0 radical (unpaired) electrons. The van der Waals surface area contributed by atoms with Crippen LogP contribution in [0.5, 0.6) is 0 Å². The van der Waals surface area contributed by atoms with Crippen LogP contribution in [0.1, 0.15) is 49.4 Å². The number of benzene rings is 1. The Morgan fingerprint density at radius 1 is 1.10 bits per heavy atom. The molecule has 1 heterocycles. The summed E-state index contributed by atoms with van der Waals surface area (Å²) >= 11 is 0. The Kier molecular flexibility index (Phi) is 7.57. The summed E-state index contributed by atoms with van der Waals surface area (Å²) < 4.78 is 0. The number of nitrogens with two attached hydrogens (primary N) is 1. The molecular weight excluding hydrogens is 376 g/mol. The molecular formula is C24H32N4O2. The maximum atomic E-state index is 13.1. The first-order valence-corrected chi connectivity index (χ1v) is 10.7. The van der Waals surface area contributed by atoms with E-state index in [-0.39, 0.29) is 24.4 Å². The molecule has 6 nitrogen and oxygen atoms in total. The van der Waals surface area contributed by atoms with E-state index in [1.165, 1.54) is 4.90 Å². The lowest BCUT2D eigenvalue weighted by Crippen LogP contribution is -2.50. The molecule has 1 aliphatic rings. The average Bonchev–Trinajstić information content (AvgIpc) is 2.79. The number of likely N-dealkylation sites (N-methyl/N-ethyl adjacent to an activating group) is 1. The third kappa shape index (κ3) is 5.45. The van der Waals surface area contributed by atoms with Gasteiger partial charge in [-0.1, -0.05) is 55.7 Å². The number of amides is 2. The Labute approximate surface area is 178 Å². The van der Waals surface area contributed by atoms with E-state index >= 15 is 0 Å². The van der Waals surface area contributed by atoms with Crippen molar-refractivity contribution in [2.75, 3.05) is 20.1 Å². The van der Waals surface area contributed by atoms with Gasteiger partial charge in [0.1, 0.15) is 0 Å². The van der Waals surface area contributed by atoms with Crippen molar-refractivity contribution >= 4 is 11.8 Å². The minimum absolute atomic E-state index is 0.0131. The highest BCUT2D eigenvalue weighted by molar-refractivity contribution is 5.88. The van der Waals surface area contributed by atoms with Crippen molar-refractivity contribution in [3.05, 3.63) is 66.0 Å². The molecule has 1 aliphatic carbocycles. The number of nitrogens with zero attached hydrogens (tertiary/aromatic N) is 2. The van der Waals surface area contributed by atoms with E-state index in [4.69, 9.17) is 5.73 Å². The number of hydrogen-bond donors (Lipinski definition) is 2. The Morgan fingerprint density at radius 3 is 2.43 bits per heavy atom. The van der Waals surface area contributed by atoms with Crippen molar-refractivity contribution in [1.29, 1.82) is 0 Å². The highest BCUT2D eigenvalue weighted by atomic mass is 16.2. The number of aromatic nitrogens is 1. The first-order chi connectivity index (χ1) is 14.5. The standard InChI is InChI=1S/C24H32N4O2/c1-28(23(30)24(18-25)13-7-3-8-14-24)17-22(29)27-21(19-10-4-2-5-11-19)16-20-12-6-9-15-26-20/h2,4-6,9-12,15,21H,3,7-8,13-14,16-18,25H2,1H3,(H,27,29). The second kappa shape index (κ2) is 10.3. The Morgan fingerprint density at radius 2 is 1.80 bits per heavy atom. The molecule has 3 rings (SSSR count). The summed E-state index contributed by atoms with van der Waals surface area (Å²) in [6.07, 6.45) is 7.13. The van der Waals surface area contributed by atoms with Crippen LogP contribution in [0.3, 0.4) is 0 Å². The lowest BCUT2D eigenvalue weighted by molar-refractivity contribution is -0.145. The molecule has 1 atom stereocenters. The first kappa shape index (κ1) is 22.0. The van der Waals surface area contributed by atoms with Crippen molar-refractivity contribution in [1.82, 2.24) is 15.2 Å². The van der Waals surface area contributed by atoms with E-state index in [9.17, 15) is 9.59 Å². The second-order valence-corrected chi connectivity index (χ2v) is 8.26. The van der Waals surface area contributed by atoms with E-state index in [0.717, 1.165) is 43.4 Å². The van der Waals surface area contributed by atoms with Gasteiger partial charge in [-0.05, 0) is 30.5 Å². The van der Waals surface area contributed by atoms with Gasteiger partial charge < -0.3 is 16.0 Å². The molecule has 1 unspecified atom stereocenters. The summed E-state index contributed by atoms with van der Waals surface area (Å²) in [5, 5.41) is 3.10. The highest BCUT2D eigenvalue weighted by Gasteiger charge is 2.40. The van der Waals surface area contributed by atoms with E-state index in [2.05, 4.69) is 10.3 Å². The third-order valence-electron chi connectivity index (χ3n) is 6.06. The van der Waals surface area contributed by atoms with Gasteiger partial charge in [0.2, 0.25) is 11.8 Å². The predicted octanol–water partition coefficient (Wildman–Crippen LogP) is 2.85. The lowest BCUT2D eigenvalue weighted by atomic mass is 9.73. The smallest absolute Gasteiger partial charge is 0.240 e. The number of carbonyl (C=O) groups excluding carboxylic acids is 2. The van der Waals surface area contributed by atoms with Crippen molar-refractivity contribution in [3.8, 4) is 0 Å². The van der Waals surface area contributed by atoms with E-state index in [1.54, 1.807) is 13.2 Å². The van der Waals surface area contributed by atoms with Gasteiger partial charge in [-0.3, -0.25) is 14.6 Å². The van der Waals surface area contributed by atoms with Gasteiger partial charge in [0.15, 0.2) is 0 Å². The fourth-order valence-corrected chi connectivity index (χ4v) is 4.33. The number of carbonyl (C=O) groups is 2.